The highest BCUT2D eigenvalue weighted by atomic mass is 16.3. The van der Waals surface area contributed by atoms with Gasteiger partial charge in [0.15, 0.2) is 0 Å². The van der Waals surface area contributed by atoms with Crippen LogP contribution in [0.3, 0.4) is 0 Å². The zero-order valence-corrected chi connectivity index (χ0v) is 8.98. The molecule has 0 bridgehead atoms. The topological polar surface area (TPSA) is 80.9 Å². The SMILES string of the molecule is CCC(CO)C(O)C(CC)(CO)CO. The van der Waals surface area contributed by atoms with Crippen molar-refractivity contribution in [2.75, 3.05) is 19.8 Å². The minimum Gasteiger partial charge on any atom is -0.396 e. The summed E-state index contributed by atoms with van der Waals surface area (Å²) in [5.41, 5.74) is -0.886. The molecule has 0 radical (unpaired) electrons. The molecule has 0 aliphatic carbocycles. The molecule has 0 rings (SSSR count). The van der Waals surface area contributed by atoms with Crippen molar-refractivity contribution < 1.29 is 20.4 Å². The van der Waals surface area contributed by atoms with Crippen LogP contribution in [-0.4, -0.2) is 46.4 Å². The summed E-state index contributed by atoms with van der Waals surface area (Å²) < 4.78 is 0. The number of aliphatic hydroxyl groups is 4. The molecule has 0 aliphatic rings. The van der Waals surface area contributed by atoms with Crippen LogP contribution in [0.2, 0.25) is 0 Å². The van der Waals surface area contributed by atoms with E-state index in [9.17, 15) is 15.3 Å². The van der Waals surface area contributed by atoms with E-state index in [-0.39, 0.29) is 25.7 Å². The number of aliphatic hydroxyl groups excluding tert-OH is 4. The van der Waals surface area contributed by atoms with Gasteiger partial charge in [-0.25, -0.2) is 0 Å². The first-order valence-electron chi connectivity index (χ1n) is 5.12. The molecule has 14 heavy (non-hydrogen) atoms. The van der Waals surface area contributed by atoms with Gasteiger partial charge in [-0.3, -0.25) is 0 Å². The Morgan fingerprint density at radius 2 is 1.57 bits per heavy atom. The minimum absolute atomic E-state index is 0.126. The van der Waals surface area contributed by atoms with Gasteiger partial charge in [-0.15, -0.1) is 0 Å². The van der Waals surface area contributed by atoms with Gasteiger partial charge in [0, 0.05) is 17.9 Å². The van der Waals surface area contributed by atoms with E-state index in [0.717, 1.165) is 0 Å². The molecule has 0 fully saturated rings. The van der Waals surface area contributed by atoms with Crippen LogP contribution in [0.5, 0.6) is 0 Å². The van der Waals surface area contributed by atoms with Gasteiger partial charge in [0.05, 0.1) is 19.3 Å². The van der Waals surface area contributed by atoms with E-state index in [1.807, 2.05) is 6.92 Å². The maximum atomic E-state index is 9.94. The van der Waals surface area contributed by atoms with Crippen molar-refractivity contribution in [3.8, 4) is 0 Å². The van der Waals surface area contributed by atoms with Gasteiger partial charge >= 0.3 is 0 Å². The van der Waals surface area contributed by atoms with Crippen LogP contribution in [-0.2, 0) is 0 Å². The summed E-state index contributed by atoms with van der Waals surface area (Å²) in [6.07, 6.45) is 0.245. The molecule has 0 aromatic carbocycles. The fraction of sp³-hybridized carbons (Fsp3) is 1.00. The zero-order valence-electron chi connectivity index (χ0n) is 8.98. The van der Waals surface area contributed by atoms with E-state index in [2.05, 4.69) is 0 Å². The minimum atomic E-state index is -0.886. The lowest BCUT2D eigenvalue weighted by atomic mass is 9.75. The van der Waals surface area contributed by atoms with Crippen LogP contribution < -0.4 is 0 Å². The fourth-order valence-corrected chi connectivity index (χ4v) is 1.62. The third kappa shape index (κ3) is 2.67. The molecule has 4 heteroatoms. The molecule has 86 valence electrons. The quantitative estimate of drug-likeness (QED) is 0.463. The fourth-order valence-electron chi connectivity index (χ4n) is 1.62. The summed E-state index contributed by atoms with van der Waals surface area (Å²) in [7, 11) is 0. The monoisotopic (exact) mass is 206 g/mol. The van der Waals surface area contributed by atoms with Crippen molar-refractivity contribution in [1.82, 2.24) is 0 Å². The summed E-state index contributed by atoms with van der Waals surface area (Å²) >= 11 is 0. The maximum Gasteiger partial charge on any atom is 0.0690 e. The molecule has 0 aromatic heterocycles. The van der Waals surface area contributed by atoms with E-state index in [1.54, 1.807) is 6.92 Å². The Morgan fingerprint density at radius 1 is 1.07 bits per heavy atom. The van der Waals surface area contributed by atoms with E-state index < -0.39 is 11.5 Å². The smallest absolute Gasteiger partial charge is 0.0690 e. The second kappa shape index (κ2) is 6.35. The number of hydrogen-bond acceptors (Lipinski definition) is 4. The Labute approximate surface area is 85.2 Å². The summed E-state index contributed by atoms with van der Waals surface area (Å²) in [6.45, 7) is 3.01. The Bertz CT molecular complexity index is 133. The van der Waals surface area contributed by atoms with Gasteiger partial charge in [-0.1, -0.05) is 13.8 Å². The highest BCUT2D eigenvalue weighted by Gasteiger charge is 2.39. The molecule has 2 atom stereocenters. The van der Waals surface area contributed by atoms with Crippen molar-refractivity contribution in [2.45, 2.75) is 32.8 Å². The first-order valence-corrected chi connectivity index (χ1v) is 5.12. The van der Waals surface area contributed by atoms with E-state index in [1.165, 1.54) is 0 Å². The summed E-state index contributed by atoms with van der Waals surface area (Å²) in [5, 5.41) is 37.3. The van der Waals surface area contributed by atoms with Crippen LogP contribution in [0, 0.1) is 11.3 Å². The third-order valence-corrected chi connectivity index (χ3v) is 3.17. The molecular weight excluding hydrogens is 184 g/mol. The standard InChI is InChI=1S/C10H22O4/c1-3-8(5-11)9(14)10(4-2,6-12)7-13/h8-9,11-14H,3-7H2,1-2H3. The predicted octanol–water partition coefficient (Wildman–Crippen LogP) is -0.253. The molecule has 0 saturated heterocycles. The molecule has 4 nitrogen and oxygen atoms in total. The molecule has 0 spiro atoms. The normalized spacial score (nSPS) is 16.7. The molecule has 0 aromatic rings. The second-order valence-corrected chi connectivity index (χ2v) is 3.83. The van der Waals surface area contributed by atoms with Gasteiger partial charge in [0.1, 0.15) is 0 Å². The zero-order chi connectivity index (χ0) is 11.2. The van der Waals surface area contributed by atoms with Gasteiger partial charge in [0.25, 0.3) is 0 Å². The second-order valence-electron chi connectivity index (χ2n) is 3.83. The van der Waals surface area contributed by atoms with Crippen LogP contribution >= 0.6 is 0 Å². The van der Waals surface area contributed by atoms with E-state index in [0.29, 0.717) is 12.8 Å². The molecule has 0 aliphatic heterocycles. The summed E-state index contributed by atoms with van der Waals surface area (Å²) in [5.74, 6) is -0.283. The van der Waals surface area contributed by atoms with Crippen molar-refractivity contribution in [2.24, 2.45) is 11.3 Å². The third-order valence-electron chi connectivity index (χ3n) is 3.17. The Kier molecular flexibility index (Phi) is 6.27. The average Bonchev–Trinajstić information content (AvgIpc) is 2.23. The van der Waals surface area contributed by atoms with Crippen LogP contribution in [0.25, 0.3) is 0 Å². The van der Waals surface area contributed by atoms with Crippen LogP contribution in [0.4, 0.5) is 0 Å². The van der Waals surface area contributed by atoms with Gasteiger partial charge in [-0.2, -0.15) is 0 Å². The van der Waals surface area contributed by atoms with Crippen molar-refractivity contribution >= 4 is 0 Å². The number of rotatable bonds is 7. The maximum absolute atomic E-state index is 9.94. The van der Waals surface area contributed by atoms with E-state index >= 15 is 0 Å². The first-order chi connectivity index (χ1) is 6.61. The van der Waals surface area contributed by atoms with Crippen molar-refractivity contribution in [3.63, 3.8) is 0 Å². The largest absolute Gasteiger partial charge is 0.396 e. The molecule has 0 saturated carbocycles. The molecule has 2 unspecified atom stereocenters. The Balaban J connectivity index is 4.63. The first kappa shape index (κ1) is 13.8. The van der Waals surface area contributed by atoms with Gasteiger partial charge in [-0.05, 0) is 12.8 Å². The Morgan fingerprint density at radius 3 is 1.79 bits per heavy atom. The summed E-state index contributed by atoms with van der Waals surface area (Å²) in [4.78, 5) is 0. The summed E-state index contributed by atoms with van der Waals surface area (Å²) in [6, 6.07) is 0. The lowest BCUT2D eigenvalue weighted by Crippen LogP contribution is -2.46. The Hall–Kier alpha value is -0.160. The molecule has 0 heterocycles. The van der Waals surface area contributed by atoms with Crippen molar-refractivity contribution in [3.05, 3.63) is 0 Å². The highest BCUT2D eigenvalue weighted by Crippen LogP contribution is 2.31. The van der Waals surface area contributed by atoms with Crippen LogP contribution in [0.1, 0.15) is 26.7 Å². The predicted molar refractivity (Wildman–Crippen MR) is 53.8 cm³/mol. The van der Waals surface area contributed by atoms with Crippen LogP contribution in [0.15, 0.2) is 0 Å². The number of hydrogen-bond donors (Lipinski definition) is 4. The lowest BCUT2D eigenvalue weighted by molar-refractivity contribution is -0.0919. The molecular formula is C10H22O4. The van der Waals surface area contributed by atoms with Gasteiger partial charge in [0.2, 0.25) is 0 Å². The molecule has 4 N–H and O–H groups in total. The van der Waals surface area contributed by atoms with Gasteiger partial charge < -0.3 is 20.4 Å². The van der Waals surface area contributed by atoms with E-state index in [4.69, 9.17) is 5.11 Å². The average molecular weight is 206 g/mol. The lowest BCUT2D eigenvalue weighted by Gasteiger charge is -2.37. The highest BCUT2D eigenvalue weighted by molar-refractivity contribution is 4.88. The van der Waals surface area contributed by atoms with Crippen molar-refractivity contribution in [1.29, 1.82) is 0 Å². The molecule has 0 amide bonds.